The zero-order valence-electron chi connectivity index (χ0n) is 17.6. The molecule has 3 N–H and O–H groups in total. The van der Waals surface area contributed by atoms with Crippen LogP contribution in [0, 0.1) is 0 Å². The van der Waals surface area contributed by atoms with E-state index in [0.29, 0.717) is 38.9 Å². The van der Waals surface area contributed by atoms with E-state index < -0.39 is 0 Å². The average Bonchev–Trinajstić information content (AvgIpc) is 2.82. The van der Waals surface area contributed by atoms with E-state index in [2.05, 4.69) is 15.9 Å². The standard InChI is InChI=1S/C22H28BN4O4/c1-30-23-25-13-17-7-9-19(10-8-17)26-22(29)21-12-11-20(14-24-21)27(16-28)31-15-18-5-3-2-4-6-18/h2-10,16,20-21,24-25H,11-15H2,1H3,(H,26,29)/t20?,21-/m0/s1. The molecule has 0 aromatic heterocycles. The van der Waals surface area contributed by atoms with Gasteiger partial charge in [0.2, 0.25) is 12.3 Å². The Bertz CT molecular complexity index is 814. The van der Waals surface area contributed by atoms with Crippen molar-refractivity contribution in [3.05, 3.63) is 65.7 Å². The summed E-state index contributed by atoms with van der Waals surface area (Å²) in [6.45, 7) is 1.47. The highest BCUT2D eigenvalue weighted by molar-refractivity contribution is 6.23. The van der Waals surface area contributed by atoms with Gasteiger partial charge in [-0.15, -0.1) is 0 Å². The molecule has 1 fully saturated rings. The number of nitrogens with one attached hydrogen (secondary N) is 3. The van der Waals surface area contributed by atoms with Crippen molar-refractivity contribution < 1.29 is 19.1 Å². The van der Waals surface area contributed by atoms with Crippen LogP contribution < -0.4 is 15.9 Å². The number of hydroxylamine groups is 2. The van der Waals surface area contributed by atoms with E-state index in [4.69, 9.17) is 9.49 Å². The number of carbonyl (C=O) groups excluding carboxylic acids is 2. The second-order valence-corrected chi connectivity index (χ2v) is 7.34. The van der Waals surface area contributed by atoms with Gasteiger partial charge >= 0.3 is 7.62 Å². The molecule has 1 saturated heterocycles. The molecule has 1 unspecified atom stereocenters. The largest absolute Gasteiger partial charge is 0.427 e. The molecule has 9 heteroatoms. The van der Waals surface area contributed by atoms with Crippen molar-refractivity contribution in [3.8, 4) is 0 Å². The third-order valence-corrected chi connectivity index (χ3v) is 5.12. The molecule has 8 nitrogen and oxygen atoms in total. The van der Waals surface area contributed by atoms with Crippen molar-refractivity contribution in [2.45, 2.75) is 38.1 Å². The number of anilines is 1. The van der Waals surface area contributed by atoms with Crippen LogP contribution in [0.3, 0.4) is 0 Å². The Morgan fingerprint density at radius 2 is 1.94 bits per heavy atom. The van der Waals surface area contributed by atoms with E-state index in [-0.39, 0.29) is 18.0 Å². The zero-order chi connectivity index (χ0) is 21.9. The fraction of sp³-hybridized carbons (Fsp3) is 0.364. The van der Waals surface area contributed by atoms with Gasteiger partial charge in [0.1, 0.15) is 6.61 Å². The molecule has 1 heterocycles. The first-order valence-corrected chi connectivity index (χ1v) is 10.3. The smallest absolute Gasteiger partial charge is 0.395 e. The summed E-state index contributed by atoms with van der Waals surface area (Å²) in [5.74, 6) is -0.0834. The predicted octanol–water partition coefficient (Wildman–Crippen LogP) is 1.61. The molecule has 163 valence electrons. The van der Waals surface area contributed by atoms with Gasteiger partial charge in [-0.05, 0) is 36.1 Å². The predicted molar refractivity (Wildman–Crippen MR) is 119 cm³/mol. The second-order valence-electron chi connectivity index (χ2n) is 7.34. The molecule has 2 atom stereocenters. The maximum absolute atomic E-state index is 12.6. The van der Waals surface area contributed by atoms with Gasteiger partial charge in [0, 0.05) is 25.9 Å². The number of rotatable bonds is 11. The first kappa shape index (κ1) is 23.0. The lowest BCUT2D eigenvalue weighted by atomic mass is 10.00. The van der Waals surface area contributed by atoms with Crippen molar-refractivity contribution >= 4 is 25.6 Å². The van der Waals surface area contributed by atoms with Crippen LogP contribution >= 0.6 is 0 Å². The minimum absolute atomic E-state index is 0.0834. The number of piperidine rings is 1. The first-order chi connectivity index (χ1) is 15.2. The van der Waals surface area contributed by atoms with Crippen LogP contribution in [0.2, 0.25) is 0 Å². The van der Waals surface area contributed by atoms with Gasteiger partial charge in [0.05, 0.1) is 12.1 Å². The van der Waals surface area contributed by atoms with Crippen LogP contribution in [-0.4, -0.2) is 50.7 Å². The topological polar surface area (TPSA) is 91.9 Å². The molecule has 0 bridgehead atoms. The van der Waals surface area contributed by atoms with Gasteiger partial charge in [0.15, 0.2) is 0 Å². The molecule has 31 heavy (non-hydrogen) atoms. The van der Waals surface area contributed by atoms with E-state index in [1.165, 1.54) is 12.7 Å². The van der Waals surface area contributed by atoms with Gasteiger partial charge in [-0.1, -0.05) is 42.5 Å². The van der Waals surface area contributed by atoms with Gasteiger partial charge < -0.3 is 20.5 Å². The van der Waals surface area contributed by atoms with Crippen molar-refractivity contribution in [1.82, 2.24) is 15.6 Å². The number of carbonyl (C=O) groups is 2. The first-order valence-electron chi connectivity index (χ1n) is 10.3. The lowest BCUT2D eigenvalue weighted by Gasteiger charge is -2.34. The summed E-state index contributed by atoms with van der Waals surface area (Å²) in [7, 11) is 3.11. The molecule has 0 saturated carbocycles. The monoisotopic (exact) mass is 423 g/mol. The maximum atomic E-state index is 12.6. The van der Waals surface area contributed by atoms with Crippen molar-refractivity contribution in [2.24, 2.45) is 0 Å². The Morgan fingerprint density at radius 1 is 1.16 bits per heavy atom. The Morgan fingerprint density at radius 3 is 2.58 bits per heavy atom. The van der Waals surface area contributed by atoms with E-state index in [9.17, 15) is 9.59 Å². The van der Waals surface area contributed by atoms with Gasteiger partial charge in [-0.25, -0.2) is 5.06 Å². The van der Waals surface area contributed by atoms with Crippen molar-refractivity contribution in [1.29, 1.82) is 0 Å². The minimum atomic E-state index is -0.309. The van der Waals surface area contributed by atoms with Gasteiger partial charge in [0.25, 0.3) is 0 Å². The quantitative estimate of drug-likeness (QED) is 0.220. The van der Waals surface area contributed by atoms with E-state index >= 15 is 0 Å². The summed E-state index contributed by atoms with van der Waals surface area (Å²) < 4.78 is 4.84. The van der Waals surface area contributed by atoms with Crippen molar-refractivity contribution in [3.63, 3.8) is 0 Å². The zero-order valence-corrected chi connectivity index (χ0v) is 17.6. The molecule has 3 rings (SSSR count). The maximum Gasteiger partial charge on any atom is 0.395 e. The van der Waals surface area contributed by atoms with Crippen LogP contribution in [0.15, 0.2) is 54.6 Å². The second kappa shape index (κ2) is 12.2. The lowest BCUT2D eigenvalue weighted by molar-refractivity contribution is -0.194. The van der Waals surface area contributed by atoms with Crippen LogP contribution in [-0.2, 0) is 32.2 Å². The van der Waals surface area contributed by atoms with Crippen LogP contribution in [0.1, 0.15) is 24.0 Å². The highest BCUT2D eigenvalue weighted by Crippen LogP contribution is 2.17. The fourth-order valence-corrected chi connectivity index (χ4v) is 3.41. The number of hydrogen-bond donors (Lipinski definition) is 3. The van der Waals surface area contributed by atoms with Crippen LogP contribution in [0.5, 0.6) is 0 Å². The highest BCUT2D eigenvalue weighted by atomic mass is 16.7. The third kappa shape index (κ3) is 7.18. The molecule has 0 aliphatic carbocycles. The fourth-order valence-electron chi connectivity index (χ4n) is 3.41. The van der Waals surface area contributed by atoms with Crippen molar-refractivity contribution in [2.75, 3.05) is 19.0 Å². The Labute approximate surface area is 183 Å². The Balaban J connectivity index is 1.42. The molecule has 2 aromatic rings. The summed E-state index contributed by atoms with van der Waals surface area (Å²) in [4.78, 5) is 29.7. The number of nitrogens with zero attached hydrogens (tertiary/aromatic N) is 1. The van der Waals surface area contributed by atoms with Crippen LogP contribution in [0.4, 0.5) is 5.69 Å². The molecule has 0 spiro atoms. The molecular weight excluding hydrogens is 395 g/mol. The van der Waals surface area contributed by atoms with Crippen LogP contribution in [0.25, 0.3) is 0 Å². The molecule has 1 aliphatic rings. The summed E-state index contributed by atoms with van der Waals surface area (Å²) in [6, 6.07) is 16.9. The summed E-state index contributed by atoms with van der Waals surface area (Å²) in [5, 5.41) is 10.5. The number of benzene rings is 2. The Hall–Kier alpha value is -2.72. The highest BCUT2D eigenvalue weighted by Gasteiger charge is 2.29. The molecule has 1 radical (unpaired) electrons. The van der Waals surface area contributed by atoms with Gasteiger partial charge in [-0.2, -0.15) is 0 Å². The number of hydrogen-bond acceptors (Lipinski definition) is 6. The molecule has 2 amide bonds. The minimum Gasteiger partial charge on any atom is -0.427 e. The number of amides is 2. The average molecular weight is 423 g/mol. The van der Waals surface area contributed by atoms with Gasteiger partial charge in [-0.3, -0.25) is 14.4 Å². The van der Waals surface area contributed by atoms with E-state index in [0.717, 1.165) is 16.8 Å². The summed E-state index contributed by atoms with van der Waals surface area (Å²) >= 11 is 0. The van der Waals surface area contributed by atoms with E-state index in [1.807, 2.05) is 54.6 Å². The third-order valence-electron chi connectivity index (χ3n) is 5.12. The molecule has 1 aliphatic heterocycles. The summed E-state index contributed by atoms with van der Waals surface area (Å²) in [6.07, 6.45) is 2.00. The SMILES string of the molecule is CO[B]NCc1ccc(NC(=O)[C@@H]2CCC(N(C=O)OCc3ccccc3)CN2)cc1. The molecular formula is C22H28BN4O4. The van der Waals surface area contributed by atoms with E-state index in [1.54, 1.807) is 7.11 Å². The Kier molecular flexibility index (Phi) is 9.05. The summed E-state index contributed by atoms with van der Waals surface area (Å²) in [5.41, 5.74) is 2.82. The molecule has 2 aromatic carbocycles. The normalized spacial score (nSPS) is 18.2. The lowest BCUT2D eigenvalue weighted by Crippen LogP contribution is -2.53.